The molecule has 3 N–H and O–H groups in total. The first-order valence-electron chi connectivity index (χ1n) is 11.5. The van der Waals surface area contributed by atoms with Gasteiger partial charge in [0.05, 0.1) is 29.3 Å². The van der Waals surface area contributed by atoms with Gasteiger partial charge in [-0.15, -0.1) is 0 Å². The maximum atomic E-state index is 11.9. The van der Waals surface area contributed by atoms with Gasteiger partial charge >= 0.3 is 0 Å². The van der Waals surface area contributed by atoms with Crippen LogP contribution in [-0.2, 0) is 4.79 Å². The number of amides is 1. The number of fused-ring (bicyclic) bond motifs is 1. The van der Waals surface area contributed by atoms with Gasteiger partial charge in [0.2, 0.25) is 5.91 Å². The lowest BCUT2D eigenvalue weighted by Crippen LogP contribution is -2.53. The van der Waals surface area contributed by atoms with E-state index in [9.17, 15) is 4.79 Å². The highest BCUT2D eigenvalue weighted by atomic mass is 35.5. The maximum absolute atomic E-state index is 11.9. The number of hydrogen-bond donors (Lipinski definition) is 3. The number of nitrogens with zero attached hydrogens (tertiary/aromatic N) is 3. The Hall–Kier alpha value is -4.19. The third kappa shape index (κ3) is 5.54. The van der Waals surface area contributed by atoms with Crippen molar-refractivity contribution < 1.29 is 9.53 Å². The molecule has 4 aromatic rings. The summed E-state index contributed by atoms with van der Waals surface area (Å²) < 4.78 is 5.85. The number of ether oxygens (including phenoxy) is 1. The Balaban J connectivity index is 1.30. The van der Waals surface area contributed by atoms with Gasteiger partial charge in [-0.2, -0.15) is 0 Å². The van der Waals surface area contributed by atoms with Crippen LogP contribution in [0.25, 0.3) is 10.9 Å². The molecule has 0 saturated carbocycles. The van der Waals surface area contributed by atoms with Crippen molar-refractivity contribution >= 4 is 39.9 Å². The second-order valence-corrected chi connectivity index (χ2v) is 8.68. The highest BCUT2D eigenvalue weighted by Crippen LogP contribution is 2.33. The van der Waals surface area contributed by atoms with Crippen molar-refractivity contribution in [2.75, 3.05) is 18.4 Å². The number of nitrogens with one attached hydrogen (secondary N) is 3. The van der Waals surface area contributed by atoms with Crippen LogP contribution in [0.4, 0.5) is 11.5 Å². The summed E-state index contributed by atoms with van der Waals surface area (Å²) in [5.41, 5.74) is 3.23. The second kappa shape index (κ2) is 10.6. The van der Waals surface area contributed by atoms with Crippen molar-refractivity contribution in [3.05, 3.63) is 77.3 Å². The van der Waals surface area contributed by atoms with E-state index in [1.807, 2.05) is 43.3 Å². The van der Waals surface area contributed by atoms with Gasteiger partial charge < -0.3 is 20.7 Å². The minimum absolute atomic E-state index is 0.0143. The number of benzene rings is 2. The van der Waals surface area contributed by atoms with Gasteiger partial charge in [0.25, 0.3) is 0 Å². The summed E-state index contributed by atoms with van der Waals surface area (Å²) in [4.78, 5) is 24.9. The Bertz CT molecular complexity index is 1480. The molecule has 0 spiro atoms. The van der Waals surface area contributed by atoms with E-state index in [1.54, 1.807) is 18.3 Å². The number of anilines is 2. The predicted octanol–water partition coefficient (Wildman–Crippen LogP) is 4.35. The average Bonchev–Trinajstić information content (AvgIpc) is 2.84. The van der Waals surface area contributed by atoms with Gasteiger partial charge in [-0.05, 0) is 68.4 Å². The first-order valence-corrected chi connectivity index (χ1v) is 11.8. The van der Waals surface area contributed by atoms with Crippen molar-refractivity contribution in [2.45, 2.75) is 19.4 Å². The summed E-state index contributed by atoms with van der Waals surface area (Å²) in [5.74, 6) is 7.84. The molecular formula is C27H23ClN6O2. The largest absolute Gasteiger partial charge is 0.454 e. The average molecular weight is 499 g/mol. The molecule has 0 bridgehead atoms. The van der Waals surface area contributed by atoms with Crippen LogP contribution in [0.5, 0.6) is 11.5 Å². The molecule has 0 aliphatic carbocycles. The van der Waals surface area contributed by atoms with E-state index >= 15 is 0 Å². The van der Waals surface area contributed by atoms with E-state index in [-0.39, 0.29) is 18.5 Å². The SMILES string of the molecule is Cc1ccc(Oc2ccc(Nc3ncnc4ccc(C#CCNC(=O)C5CCN5)cc34)cc2Cl)cn1. The number of aryl methyl sites for hydroxylation is 1. The molecule has 1 aliphatic rings. The minimum Gasteiger partial charge on any atom is -0.454 e. The normalized spacial score (nSPS) is 14.3. The fourth-order valence-electron chi connectivity index (χ4n) is 3.59. The third-order valence-electron chi connectivity index (χ3n) is 5.67. The predicted molar refractivity (Wildman–Crippen MR) is 140 cm³/mol. The maximum Gasteiger partial charge on any atom is 0.237 e. The number of aromatic nitrogens is 3. The molecule has 2 aromatic heterocycles. The standard InChI is InChI=1S/C27H23ClN6O2/c1-17-4-7-20(15-31-17)36-25-9-6-19(14-22(25)28)34-26-21-13-18(5-8-23(21)32-16-33-26)3-2-11-30-27(35)24-10-12-29-24/h4-9,13-16,24,29H,10-12H2,1H3,(H,30,35)(H,32,33,34). The molecular weight excluding hydrogens is 476 g/mol. The number of pyridine rings is 1. The lowest BCUT2D eigenvalue weighted by Gasteiger charge is -2.25. The monoisotopic (exact) mass is 498 g/mol. The van der Waals surface area contributed by atoms with Crippen LogP contribution in [-0.4, -0.2) is 40.0 Å². The topological polar surface area (TPSA) is 101 Å². The molecule has 180 valence electrons. The lowest BCUT2D eigenvalue weighted by molar-refractivity contribution is -0.124. The summed E-state index contributed by atoms with van der Waals surface area (Å²) in [6.45, 7) is 3.09. The Labute approximate surface area is 213 Å². The highest BCUT2D eigenvalue weighted by molar-refractivity contribution is 6.32. The van der Waals surface area contributed by atoms with Gasteiger partial charge in [-0.1, -0.05) is 23.4 Å². The summed E-state index contributed by atoms with van der Waals surface area (Å²) in [7, 11) is 0. The van der Waals surface area contributed by atoms with Crippen molar-refractivity contribution in [2.24, 2.45) is 0 Å². The van der Waals surface area contributed by atoms with E-state index in [2.05, 4.69) is 42.7 Å². The molecule has 9 heteroatoms. The summed E-state index contributed by atoms with van der Waals surface area (Å²) in [6, 6.07) is 14.8. The van der Waals surface area contributed by atoms with E-state index in [0.717, 1.165) is 40.8 Å². The molecule has 2 aromatic carbocycles. The quantitative estimate of drug-likeness (QED) is 0.340. The Morgan fingerprint density at radius 1 is 1.17 bits per heavy atom. The molecule has 5 rings (SSSR count). The first-order chi connectivity index (χ1) is 17.5. The summed E-state index contributed by atoms with van der Waals surface area (Å²) in [6.07, 6.45) is 4.03. The zero-order valence-electron chi connectivity index (χ0n) is 19.5. The Morgan fingerprint density at radius 3 is 2.81 bits per heavy atom. The van der Waals surface area contributed by atoms with Gasteiger partial charge in [-0.3, -0.25) is 9.78 Å². The van der Waals surface area contributed by atoms with Crippen LogP contribution in [0, 0.1) is 18.8 Å². The molecule has 1 fully saturated rings. The van der Waals surface area contributed by atoms with Crippen molar-refractivity contribution in [3.8, 4) is 23.3 Å². The molecule has 3 heterocycles. The van der Waals surface area contributed by atoms with E-state index in [1.165, 1.54) is 6.33 Å². The Morgan fingerprint density at radius 2 is 2.06 bits per heavy atom. The molecule has 1 unspecified atom stereocenters. The fraction of sp³-hybridized carbons (Fsp3) is 0.185. The second-order valence-electron chi connectivity index (χ2n) is 8.28. The number of carbonyl (C=O) groups excluding carboxylic acids is 1. The van der Waals surface area contributed by atoms with Gasteiger partial charge in [0.15, 0.2) is 0 Å². The molecule has 1 aliphatic heterocycles. The number of halogens is 1. The summed E-state index contributed by atoms with van der Waals surface area (Å²) >= 11 is 6.48. The van der Waals surface area contributed by atoms with Crippen molar-refractivity contribution in [1.29, 1.82) is 0 Å². The van der Waals surface area contributed by atoms with E-state index in [4.69, 9.17) is 16.3 Å². The zero-order chi connectivity index (χ0) is 24.9. The third-order valence-corrected chi connectivity index (χ3v) is 5.96. The molecule has 1 amide bonds. The van der Waals surface area contributed by atoms with Crippen LogP contribution in [0.3, 0.4) is 0 Å². The van der Waals surface area contributed by atoms with E-state index < -0.39 is 0 Å². The number of carbonyl (C=O) groups is 1. The number of hydrogen-bond acceptors (Lipinski definition) is 7. The highest BCUT2D eigenvalue weighted by Gasteiger charge is 2.23. The smallest absolute Gasteiger partial charge is 0.237 e. The van der Waals surface area contributed by atoms with Crippen molar-refractivity contribution in [3.63, 3.8) is 0 Å². The first kappa shape index (κ1) is 23.5. The van der Waals surface area contributed by atoms with Gasteiger partial charge in [-0.25, -0.2) is 9.97 Å². The molecule has 0 radical (unpaired) electrons. The lowest BCUT2D eigenvalue weighted by atomic mass is 10.1. The van der Waals surface area contributed by atoms with Crippen LogP contribution in [0.2, 0.25) is 5.02 Å². The Kier molecular flexibility index (Phi) is 6.94. The number of rotatable bonds is 6. The molecule has 1 saturated heterocycles. The van der Waals surface area contributed by atoms with Gasteiger partial charge in [0.1, 0.15) is 23.6 Å². The van der Waals surface area contributed by atoms with Gasteiger partial charge in [0, 0.05) is 22.3 Å². The summed E-state index contributed by atoms with van der Waals surface area (Å²) in [5, 5.41) is 10.5. The molecule has 36 heavy (non-hydrogen) atoms. The molecule has 8 nitrogen and oxygen atoms in total. The van der Waals surface area contributed by atoms with Crippen LogP contribution >= 0.6 is 11.6 Å². The van der Waals surface area contributed by atoms with Crippen molar-refractivity contribution in [1.82, 2.24) is 25.6 Å². The van der Waals surface area contributed by atoms with Crippen LogP contribution < -0.4 is 20.7 Å². The molecule has 1 atom stereocenters. The fourth-order valence-corrected chi connectivity index (χ4v) is 3.81. The zero-order valence-corrected chi connectivity index (χ0v) is 20.3. The van der Waals surface area contributed by atoms with Crippen LogP contribution in [0.1, 0.15) is 17.7 Å². The minimum atomic E-state index is -0.0907. The van der Waals surface area contributed by atoms with E-state index in [0.29, 0.717) is 22.3 Å². The van der Waals surface area contributed by atoms with Crippen LogP contribution in [0.15, 0.2) is 61.1 Å².